The molecule has 0 aliphatic rings. The highest BCUT2D eigenvalue weighted by molar-refractivity contribution is 5.78. The molecule has 1 unspecified atom stereocenters. The van der Waals surface area contributed by atoms with Crippen molar-refractivity contribution in [3.8, 4) is 0 Å². The zero-order valence-electron chi connectivity index (χ0n) is 10.8. The highest BCUT2D eigenvalue weighted by atomic mass is 16.2. The molecule has 0 aliphatic heterocycles. The van der Waals surface area contributed by atoms with Crippen molar-refractivity contribution in [3.05, 3.63) is 0 Å². The number of nitrogens with zero attached hydrogens (tertiary/aromatic N) is 1. The van der Waals surface area contributed by atoms with E-state index in [2.05, 4.69) is 26.1 Å². The molecule has 0 aromatic carbocycles. The molecular formula is C12H26N2O. The van der Waals surface area contributed by atoms with Gasteiger partial charge in [0.05, 0.1) is 0 Å². The van der Waals surface area contributed by atoms with Crippen LogP contribution in [0.15, 0.2) is 0 Å². The van der Waals surface area contributed by atoms with Crippen LogP contribution in [0.5, 0.6) is 0 Å². The molecule has 0 rings (SSSR count). The summed E-state index contributed by atoms with van der Waals surface area (Å²) < 4.78 is 0. The van der Waals surface area contributed by atoms with Crippen LogP contribution in [0.3, 0.4) is 0 Å². The number of carbonyl (C=O) groups excluding carboxylic acids is 1. The minimum Gasteiger partial charge on any atom is -0.343 e. The first-order chi connectivity index (χ1) is 7.08. The second-order valence-corrected chi connectivity index (χ2v) is 4.13. The van der Waals surface area contributed by atoms with Crippen molar-refractivity contribution in [2.45, 2.75) is 46.6 Å². The van der Waals surface area contributed by atoms with E-state index in [1.54, 1.807) is 0 Å². The summed E-state index contributed by atoms with van der Waals surface area (Å²) in [5.41, 5.74) is 0. The summed E-state index contributed by atoms with van der Waals surface area (Å²) in [7, 11) is 1.92. The highest BCUT2D eigenvalue weighted by Gasteiger charge is 2.21. The monoisotopic (exact) mass is 214 g/mol. The fourth-order valence-corrected chi connectivity index (χ4v) is 1.81. The fraction of sp³-hybridized carbons (Fsp3) is 0.917. The van der Waals surface area contributed by atoms with Gasteiger partial charge in [-0.1, -0.05) is 27.7 Å². The number of nitrogens with one attached hydrogen (secondary N) is 1. The summed E-state index contributed by atoms with van der Waals surface area (Å²) in [6.07, 6.45) is 2.07. The first-order valence-electron chi connectivity index (χ1n) is 6.05. The Morgan fingerprint density at radius 1 is 1.27 bits per heavy atom. The van der Waals surface area contributed by atoms with Gasteiger partial charge in [-0.2, -0.15) is 0 Å². The topological polar surface area (TPSA) is 32.3 Å². The second-order valence-electron chi connectivity index (χ2n) is 4.13. The van der Waals surface area contributed by atoms with Gasteiger partial charge in [-0.15, -0.1) is 0 Å². The van der Waals surface area contributed by atoms with Crippen LogP contribution in [0.25, 0.3) is 0 Å². The summed E-state index contributed by atoms with van der Waals surface area (Å²) in [5, 5.41) is 3.21. The number of rotatable bonds is 7. The van der Waals surface area contributed by atoms with Gasteiger partial charge in [-0.25, -0.2) is 0 Å². The smallest absolute Gasteiger partial charge is 0.226 e. The number of carbonyl (C=O) groups is 1. The van der Waals surface area contributed by atoms with E-state index >= 15 is 0 Å². The van der Waals surface area contributed by atoms with Crippen molar-refractivity contribution < 1.29 is 4.79 Å². The molecule has 0 aromatic rings. The summed E-state index contributed by atoms with van der Waals surface area (Å²) in [4.78, 5) is 13.9. The molecule has 0 aliphatic carbocycles. The average molecular weight is 214 g/mol. The molecule has 15 heavy (non-hydrogen) atoms. The van der Waals surface area contributed by atoms with E-state index in [0.717, 1.165) is 25.9 Å². The van der Waals surface area contributed by atoms with Gasteiger partial charge < -0.3 is 10.2 Å². The van der Waals surface area contributed by atoms with Gasteiger partial charge in [0.1, 0.15) is 0 Å². The number of hydrogen-bond donors (Lipinski definition) is 1. The van der Waals surface area contributed by atoms with E-state index < -0.39 is 0 Å². The first kappa shape index (κ1) is 14.4. The molecule has 0 fully saturated rings. The number of amides is 1. The largest absolute Gasteiger partial charge is 0.343 e. The van der Waals surface area contributed by atoms with Crippen molar-refractivity contribution in [1.29, 1.82) is 0 Å². The van der Waals surface area contributed by atoms with Crippen LogP contribution in [0.2, 0.25) is 0 Å². The van der Waals surface area contributed by atoms with E-state index in [9.17, 15) is 4.79 Å². The summed E-state index contributed by atoms with van der Waals surface area (Å²) in [6, 6.07) is 0.390. The maximum absolute atomic E-state index is 12.0. The molecule has 90 valence electrons. The molecule has 0 saturated carbocycles. The van der Waals surface area contributed by atoms with E-state index in [1.165, 1.54) is 0 Å². The molecule has 0 saturated heterocycles. The standard InChI is InChI=1S/C12H26N2O/c1-6-11(7-2)14(5)12(15)10(4)9-13-8-3/h10-11,13H,6-9H2,1-5H3. The van der Waals surface area contributed by atoms with Crippen LogP contribution in [0.4, 0.5) is 0 Å². The van der Waals surface area contributed by atoms with Crippen LogP contribution in [-0.4, -0.2) is 37.0 Å². The third-order valence-electron chi connectivity index (χ3n) is 2.96. The normalized spacial score (nSPS) is 12.9. The molecule has 0 spiro atoms. The van der Waals surface area contributed by atoms with Crippen LogP contribution < -0.4 is 5.32 Å². The zero-order chi connectivity index (χ0) is 11.8. The van der Waals surface area contributed by atoms with E-state index in [0.29, 0.717) is 6.04 Å². The van der Waals surface area contributed by atoms with Gasteiger partial charge in [0, 0.05) is 25.6 Å². The van der Waals surface area contributed by atoms with Crippen molar-refractivity contribution in [2.75, 3.05) is 20.1 Å². The lowest BCUT2D eigenvalue weighted by atomic mass is 10.1. The minimum atomic E-state index is 0.0792. The molecule has 0 bridgehead atoms. The summed E-state index contributed by atoms with van der Waals surface area (Å²) >= 11 is 0. The van der Waals surface area contributed by atoms with E-state index in [4.69, 9.17) is 0 Å². The highest BCUT2D eigenvalue weighted by Crippen LogP contribution is 2.10. The molecular weight excluding hydrogens is 188 g/mol. The van der Waals surface area contributed by atoms with Gasteiger partial charge in [0.2, 0.25) is 5.91 Å². The minimum absolute atomic E-state index is 0.0792. The Balaban J connectivity index is 4.16. The zero-order valence-corrected chi connectivity index (χ0v) is 10.8. The van der Waals surface area contributed by atoms with Crippen LogP contribution in [-0.2, 0) is 4.79 Å². The molecule has 0 aromatic heterocycles. The first-order valence-corrected chi connectivity index (χ1v) is 6.05. The lowest BCUT2D eigenvalue weighted by molar-refractivity contribution is -0.135. The third-order valence-corrected chi connectivity index (χ3v) is 2.96. The van der Waals surface area contributed by atoms with E-state index in [-0.39, 0.29) is 11.8 Å². The molecule has 0 heterocycles. The Morgan fingerprint density at radius 3 is 2.20 bits per heavy atom. The van der Waals surface area contributed by atoms with Crippen LogP contribution in [0, 0.1) is 5.92 Å². The third kappa shape index (κ3) is 4.65. The van der Waals surface area contributed by atoms with Crippen LogP contribution in [0.1, 0.15) is 40.5 Å². The molecule has 1 N–H and O–H groups in total. The van der Waals surface area contributed by atoms with Gasteiger partial charge in [-0.05, 0) is 19.4 Å². The van der Waals surface area contributed by atoms with E-state index in [1.807, 2.05) is 18.9 Å². The van der Waals surface area contributed by atoms with Gasteiger partial charge >= 0.3 is 0 Å². The summed E-state index contributed by atoms with van der Waals surface area (Å²) in [5.74, 6) is 0.334. The fourth-order valence-electron chi connectivity index (χ4n) is 1.81. The number of hydrogen-bond acceptors (Lipinski definition) is 2. The van der Waals surface area contributed by atoms with Gasteiger partial charge in [0.15, 0.2) is 0 Å². The average Bonchev–Trinajstić information content (AvgIpc) is 2.26. The maximum Gasteiger partial charge on any atom is 0.226 e. The Bertz CT molecular complexity index is 178. The Labute approximate surface area is 94.2 Å². The lowest BCUT2D eigenvalue weighted by Gasteiger charge is -2.29. The predicted octanol–water partition coefficient (Wildman–Crippen LogP) is 1.88. The van der Waals surface area contributed by atoms with Crippen molar-refractivity contribution in [1.82, 2.24) is 10.2 Å². The SMILES string of the molecule is CCNCC(C)C(=O)N(C)C(CC)CC. The maximum atomic E-state index is 12.0. The Morgan fingerprint density at radius 2 is 1.80 bits per heavy atom. The molecule has 1 amide bonds. The Hall–Kier alpha value is -0.570. The molecule has 1 atom stereocenters. The Kier molecular flexibility index (Phi) is 7.39. The summed E-state index contributed by atoms with van der Waals surface area (Å²) in [6.45, 7) is 10.0. The molecule has 3 heteroatoms. The van der Waals surface area contributed by atoms with Crippen LogP contribution >= 0.6 is 0 Å². The van der Waals surface area contributed by atoms with Crippen molar-refractivity contribution in [2.24, 2.45) is 5.92 Å². The molecule has 0 radical (unpaired) electrons. The van der Waals surface area contributed by atoms with Crippen molar-refractivity contribution >= 4 is 5.91 Å². The molecule has 3 nitrogen and oxygen atoms in total. The van der Waals surface area contributed by atoms with Gasteiger partial charge in [-0.3, -0.25) is 4.79 Å². The van der Waals surface area contributed by atoms with Gasteiger partial charge in [0.25, 0.3) is 0 Å². The predicted molar refractivity (Wildman–Crippen MR) is 64.8 cm³/mol. The lowest BCUT2D eigenvalue weighted by Crippen LogP contribution is -2.42. The quantitative estimate of drug-likeness (QED) is 0.702. The second kappa shape index (κ2) is 7.69. The van der Waals surface area contributed by atoms with Crippen molar-refractivity contribution in [3.63, 3.8) is 0 Å².